The second-order valence-corrected chi connectivity index (χ2v) is 3.75. The molecule has 0 saturated carbocycles. The van der Waals surface area contributed by atoms with Gasteiger partial charge in [0.1, 0.15) is 5.82 Å². The lowest BCUT2D eigenvalue weighted by Gasteiger charge is -2.23. The van der Waals surface area contributed by atoms with Crippen LogP contribution in [0.4, 0.5) is 5.82 Å². The third-order valence-electron chi connectivity index (χ3n) is 2.49. The number of ether oxygens (including phenoxy) is 1. The number of hydrogen-bond acceptors (Lipinski definition) is 3. The molecule has 1 N–H and O–H groups in total. The molecule has 1 fully saturated rings. The van der Waals surface area contributed by atoms with E-state index in [9.17, 15) is 0 Å². The Morgan fingerprint density at radius 1 is 1.31 bits per heavy atom. The van der Waals surface area contributed by atoms with Gasteiger partial charge in [0.15, 0.2) is 0 Å². The number of aryl methyl sites for hydroxylation is 1. The average molecular weight is 222 g/mol. The topological polar surface area (TPSA) is 34.2 Å². The molecular formula is C13H22N2O. The molecular weight excluding hydrogens is 200 g/mol. The Morgan fingerprint density at radius 3 is 2.62 bits per heavy atom. The van der Waals surface area contributed by atoms with Crippen LogP contribution in [-0.4, -0.2) is 24.2 Å². The van der Waals surface area contributed by atoms with Gasteiger partial charge in [0.25, 0.3) is 0 Å². The first-order valence-electron chi connectivity index (χ1n) is 6.11. The van der Waals surface area contributed by atoms with Crippen molar-refractivity contribution >= 4 is 5.82 Å². The Balaban J connectivity index is 0.000000606. The van der Waals surface area contributed by atoms with E-state index in [1.54, 1.807) is 0 Å². The Bertz CT molecular complexity index is 296. The van der Waals surface area contributed by atoms with E-state index in [1.807, 2.05) is 26.1 Å². The zero-order chi connectivity index (χ0) is 11.8. The van der Waals surface area contributed by atoms with Gasteiger partial charge in [0.2, 0.25) is 0 Å². The Labute approximate surface area is 98.2 Å². The minimum atomic E-state index is 0.526. The largest absolute Gasteiger partial charge is 0.381 e. The van der Waals surface area contributed by atoms with Crippen LogP contribution < -0.4 is 5.32 Å². The van der Waals surface area contributed by atoms with Crippen molar-refractivity contribution < 1.29 is 4.74 Å². The number of hydrogen-bond donors (Lipinski definition) is 1. The van der Waals surface area contributed by atoms with Gasteiger partial charge in [-0.15, -0.1) is 0 Å². The van der Waals surface area contributed by atoms with Gasteiger partial charge in [0.05, 0.1) is 0 Å². The maximum Gasteiger partial charge on any atom is 0.126 e. The predicted molar refractivity (Wildman–Crippen MR) is 67.8 cm³/mol. The fraction of sp³-hybridized carbons (Fsp3) is 0.615. The number of rotatable bonds is 2. The van der Waals surface area contributed by atoms with Crippen molar-refractivity contribution in [2.45, 2.75) is 39.7 Å². The fourth-order valence-corrected chi connectivity index (χ4v) is 1.67. The van der Waals surface area contributed by atoms with E-state index in [2.05, 4.69) is 23.3 Å². The minimum Gasteiger partial charge on any atom is -0.381 e. The molecule has 3 nitrogen and oxygen atoms in total. The molecule has 1 aromatic rings. The van der Waals surface area contributed by atoms with Gasteiger partial charge in [0, 0.05) is 25.5 Å². The molecule has 1 aliphatic rings. The molecule has 1 aromatic heterocycles. The summed E-state index contributed by atoms with van der Waals surface area (Å²) in [6.45, 7) is 7.81. The van der Waals surface area contributed by atoms with Crippen molar-refractivity contribution in [2.75, 3.05) is 18.5 Å². The molecule has 0 aromatic carbocycles. The van der Waals surface area contributed by atoms with Crippen LogP contribution in [0.25, 0.3) is 0 Å². The van der Waals surface area contributed by atoms with Gasteiger partial charge < -0.3 is 10.1 Å². The van der Waals surface area contributed by atoms with Crippen molar-refractivity contribution in [1.82, 2.24) is 4.98 Å². The summed E-state index contributed by atoms with van der Waals surface area (Å²) in [6, 6.07) is 4.61. The molecule has 0 spiro atoms. The first kappa shape index (κ1) is 13.0. The van der Waals surface area contributed by atoms with Gasteiger partial charge in [-0.05, 0) is 37.5 Å². The molecule has 0 aliphatic carbocycles. The zero-order valence-corrected chi connectivity index (χ0v) is 10.5. The van der Waals surface area contributed by atoms with E-state index in [0.29, 0.717) is 6.04 Å². The molecule has 0 radical (unpaired) electrons. The first-order valence-corrected chi connectivity index (χ1v) is 6.11. The normalized spacial score (nSPS) is 16.2. The van der Waals surface area contributed by atoms with E-state index in [1.165, 1.54) is 5.56 Å². The van der Waals surface area contributed by atoms with Crippen LogP contribution >= 0.6 is 0 Å². The van der Waals surface area contributed by atoms with Gasteiger partial charge in [-0.2, -0.15) is 0 Å². The monoisotopic (exact) mass is 222 g/mol. The van der Waals surface area contributed by atoms with Crippen molar-refractivity contribution in [3.63, 3.8) is 0 Å². The van der Waals surface area contributed by atoms with Gasteiger partial charge >= 0.3 is 0 Å². The van der Waals surface area contributed by atoms with Crippen molar-refractivity contribution in [3.8, 4) is 0 Å². The number of aromatic nitrogens is 1. The number of anilines is 1. The zero-order valence-electron chi connectivity index (χ0n) is 10.5. The molecule has 2 heterocycles. The smallest absolute Gasteiger partial charge is 0.126 e. The highest BCUT2D eigenvalue weighted by atomic mass is 16.5. The van der Waals surface area contributed by atoms with Crippen molar-refractivity contribution in [2.24, 2.45) is 0 Å². The predicted octanol–water partition coefficient (Wildman–Crippen LogP) is 3.01. The second-order valence-electron chi connectivity index (χ2n) is 3.75. The lowest BCUT2D eigenvalue weighted by molar-refractivity contribution is 0.0904. The maximum atomic E-state index is 5.30. The molecule has 0 amide bonds. The maximum absolute atomic E-state index is 5.30. The molecule has 1 aliphatic heterocycles. The van der Waals surface area contributed by atoms with E-state index in [0.717, 1.165) is 31.9 Å². The fourth-order valence-electron chi connectivity index (χ4n) is 1.67. The van der Waals surface area contributed by atoms with Crippen LogP contribution in [0.15, 0.2) is 18.3 Å². The Hall–Kier alpha value is -1.09. The molecule has 1 saturated heterocycles. The summed E-state index contributed by atoms with van der Waals surface area (Å²) in [7, 11) is 0. The molecule has 0 unspecified atom stereocenters. The molecule has 2 rings (SSSR count). The van der Waals surface area contributed by atoms with Crippen LogP contribution in [0.2, 0.25) is 0 Å². The molecule has 90 valence electrons. The SMILES string of the molecule is CC.Cc1ccnc(NC2CCOCC2)c1. The quantitative estimate of drug-likeness (QED) is 0.835. The molecule has 0 atom stereocenters. The number of pyridine rings is 1. The minimum absolute atomic E-state index is 0.526. The van der Waals surface area contributed by atoms with Crippen LogP contribution in [0.3, 0.4) is 0 Å². The Kier molecular flexibility index (Phi) is 5.86. The highest BCUT2D eigenvalue weighted by Gasteiger charge is 2.13. The van der Waals surface area contributed by atoms with Crippen LogP contribution in [-0.2, 0) is 4.74 Å². The number of nitrogens with one attached hydrogen (secondary N) is 1. The molecule has 3 heteroatoms. The summed E-state index contributed by atoms with van der Waals surface area (Å²) >= 11 is 0. The highest BCUT2D eigenvalue weighted by Crippen LogP contribution is 2.13. The van der Waals surface area contributed by atoms with E-state index < -0.39 is 0 Å². The first-order chi connectivity index (χ1) is 7.84. The lowest BCUT2D eigenvalue weighted by Crippen LogP contribution is -2.28. The van der Waals surface area contributed by atoms with Gasteiger partial charge in [-0.25, -0.2) is 4.98 Å². The standard InChI is InChI=1S/C11H16N2O.C2H6/c1-9-2-5-12-11(8-9)13-10-3-6-14-7-4-10;1-2/h2,5,8,10H,3-4,6-7H2,1H3,(H,12,13);1-2H3. The van der Waals surface area contributed by atoms with E-state index >= 15 is 0 Å². The molecule has 0 bridgehead atoms. The Morgan fingerprint density at radius 2 is 2.00 bits per heavy atom. The summed E-state index contributed by atoms with van der Waals surface area (Å²) in [5, 5.41) is 3.43. The second kappa shape index (κ2) is 7.23. The van der Waals surface area contributed by atoms with Gasteiger partial charge in [-0.1, -0.05) is 13.8 Å². The summed E-state index contributed by atoms with van der Waals surface area (Å²) in [5.41, 5.74) is 1.24. The summed E-state index contributed by atoms with van der Waals surface area (Å²) in [6.07, 6.45) is 4.00. The summed E-state index contributed by atoms with van der Waals surface area (Å²) < 4.78 is 5.30. The van der Waals surface area contributed by atoms with E-state index in [4.69, 9.17) is 4.74 Å². The summed E-state index contributed by atoms with van der Waals surface area (Å²) in [5.74, 6) is 0.983. The lowest BCUT2D eigenvalue weighted by atomic mass is 10.1. The van der Waals surface area contributed by atoms with E-state index in [-0.39, 0.29) is 0 Å². The number of nitrogens with zero attached hydrogens (tertiary/aromatic N) is 1. The average Bonchev–Trinajstić information content (AvgIpc) is 2.33. The summed E-state index contributed by atoms with van der Waals surface area (Å²) in [4.78, 5) is 4.28. The highest BCUT2D eigenvalue weighted by molar-refractivity contribution is 5.37. The van der Waals surface area contributed by atoms with Crippen molar-refractivity contribution in [3.05, 3.63) is 23.9 Å². The van der Waals surface area contributed by atoms with Gasteiger partial charge in [-0.3, -0.25) is 0 Å². The van der Waals surface area contributed by atoms with Crippen LogP contribution in [0.1, 0.15) is 32.3 Å². The third-order valence-corrected chi connectivity index (χ3v) is 2.49. The van der Waals surface area contributed by atoms with Crippen molar-refractivity contribution in [1.29, 1.82) is 0 Å². The molecule has 16 heavy (non-hydrogen) atoms. The van der Waals surface area contributed by atoms with Crippen LogP contribution in [0.5, 0.6) is 0 Å². The van der Waals surface area contributed by atoms with Crippen LogP contribution in [0, 0.1) is 6.92 Å². The third kappa shape index (κ3) is 4.19.